The van der Waals surface area contributed by atoms with Gasteiger partial charge in [0.25, 0.3) is 0 Å². The first-order valence-electron chi connectivity index (χ1n) is 9.19. The van der Waals surface area contributed by atoms with E-state index < -0.39 is 5.69 Å². The molecule has 0 aliphatic carbocycles. The summed E-state index contributed by atoms with van der Waals surface area (Å²) < 4.78 is 0.451. The lowest BCUT2D eigenvalue weighted by Gasteiger charge is -2.12. The Morgan fingerprint density at radius 2 is 1.83 bits per heavy atom. The molecule has 0 spiro atoms. The second-order valence-electron chi connectivity index (χ2n) is 7.07. The summed E-state index contributed by atoms with van der Waals surface area (Å²) in [6.07, 6.45) is 1.51. The van der Waals surface area contributed by atoms with Gasteiger partial charge in [0, 0.05) is 18.4 Å². The van der Waals surface area contributed by atoms with Gasteiger partial charge in [0.05, 0.1) is 5.39 Å². The van der Waals surface area contributed by atoms with E-state index in [9.17, 15) is 10.0 Å². The predicted molar refractivity (Wildman–Crippen MR) is 114 cm³/mol. The number of aromatic nitrogens is 3. The Kier molecular flexibility index (Phi) is 4.97. The lowest BCUT2D eigenvalue weighted by Crippen LogP contribution is -2.23. The summed E-state index contributed by atoms with van der Waals surface area (Å²) in [5.74, 6) is 0.349. The minimum absolute atomic E-state index is 0.155. The average molecular weight is 387 g/mol. The quantitative estimate of drug-likeness (QED) is 0.510. The van der Waals surface area contributed by atoms with Crippen molar-refractivity contribution in [3.05, 3.63) is 82.9 Å². The van der Waals surface area contributed by atoms with Gasteiger partial charge in [-0.2, -0.15) is 4.98 Å². The molecule has 7 heteroatoms. The Labute approximate surface area is 167 Å². The predicted octanol–water partition coefficient (Wildman–Crippen LogP) is 3.50. The zero-order valence-electron chi connectivity index (χ0n) is 16.2. The summed E-state index contributed by atoms with van der Waals surface area (Å²) in [7, 11) is 4.09. The number of anilines is 2. The normalized spacial score (nSPS) is 11.1. The van der Waals surface area contributed by atoms with Gasteiger partial charge in [-0.05, 0) is 55.1 Å². The number of hydrogen-bond donors (Lipinski definition) is 2. The third kappa shape index (κ3) is 3.95. The second-order valence-corrected chi connectivity index (χ2v) is 7.07. The minimum atomic E-state index is -0.786. The standard InChI is InChI=1S/C22H21N5O2/c1-26(2)14-15-8-10-16(11-9-15)17-5-3-6-18(13-17)24-20-19-7-4-12-23-21(19)27(29)22(28)25-20/h3-13,29H,14H2,1-2H3,(H,24,25,28). The zero-order valence-corrected chi connectivity index (χ0v) is 16.2. The van der Waals surface area contributed by atoms with Gasteiger partial charge in [0.1, 0.15) is 5.82 Å². The molecule has 0 saturated carbocycles. The van der Waals surface area contributed by atoms with Crippen LogP contribution in [0.2, 0.25) is 0 Å². The minimum Gasteiger partial charge on any atom is -0.422 e. The van der Waals surface area contributed by atoms with Crippen molar-refractivity contribution in [3.8, 4) is 11.1 Å². The summed E-state index contributed by atoms with van der Waals surface area (Å²) in [6, 6.07) is 19.8. The van der Waals surface area contributed by atoms with Gasteiger partial charge >= 0.3 is 5.69 Å². The van der Waals surface area contributed by atoms with Crippen LogP contribution in [-0.4, -0.2) is 38.9 Å². The molecule has 2 N–H and O–H groups in total. The maximum atomic E-state index is 12.0. The molecule has 0 fully saturated rings. The summed E-state index contributed by atoms with van der Waals surface area (Å²) in [4.78, 5) is 22.1. The molecule has 2 aromatic heterocycles. The molecule has 4 rings (SSSR count). The molecule has 0 bridgehead atoms. The summed E-state index contributed by atoms with van der Waals surface area (Å²) in [5, 5.41) is 13.6. The topological polar surface area (TPSA) is 83.3 Å². The van der Waals surface area contributed by atoms with Crippen molar-refractivity contribution in [3.63, 3.8) is 0 Å². The van der Waals surface area contributed by atoms with Crippen LogP contribution in [0.4, 0.5) is 11.5 Å². The fourth-order valence-corrected chi connectivity index (χ4v) is 3.22. The molecule has 0 unspecified atom stereocenters. The van der Waals surface area contributed by atoms with Crippen LogP contribution in [0, 0.1) is 0 Å². The van der Waals surface area contributed by atoms with Gasteiger partial charge < -0.3 is 15.4 Å². The second kappa shape index (κ2) is 7.73. The van der Waals surface area contributed by atoms with E-state index in [-0.39, 0.29) is 5.65 Å². The highest BCUT2D eigenvalue weighted by Crippen LogP contribution is 2.26. The third-order valence-corrected chi connectivity index (χ3v) is 4.54. The molecular weight excluding hydrogens is 366 g/mol. The van der Waals surface area contributed by atoms with Crippen molar-refractivity contribution in [1.82, 2.24) is 19.6 Å². The van der Waals surface area contributed by atoms with Crippen LogP contribution in [0.5, 0.6) is 0 Å². The summed E-state index contributed by atoms with van der Waals surface area (Å²) in [6.45, 7) is 0.894. The van der Waals surface area contributed by atoms with Crippen LogP contribution in [0.1, 0.15) is 5.56 Å². The molecule has 2 heterocycles. The summed E-state index contributed by atoms with van der Waals surface area (Å²) in [5.41, 5.74) is 3.55. The third-order valence-electron chi connectivity index (χ3n) is 4.54. The first-order valence-corrected chi connectivity index (χ1v) is 9.19. The molecule has 7 nitrogen and oxygen atoms in total. The molecule has 0 saturated heterocycles. The molecular formula is C22H21N5O2. The highest BCUT2D eigenvalue weighted by Gasteiger charge is 2.11. The van der Waals surface area contributed by atoms with Gasteiger partial charge in [0.2, 0.25) is 0 Å². The molecule has 4 aromatic rings. The maximum Gasteiger partial charge on any atom is 0.384 e. The van der Waals surface area contributed by atoms with Crippen LogP contribution >= 0.6 is 0 Å². The van der Waals surface area contributed by atoms with Crippen molar-refractivity contribution < 1.29 is 5.21 Å². The Bertz CT molecular complexity index is 1220. The van der Waals surface area contributed by atoms with E-state index >= 15 is 0 Å². The number of fused-ring (bicyclic) bond motifs is 1. The van der Waals surface area contributed by atoms with Crippen molar-refractivity contribution in [2.45, 2.75) is 6.54 Å². The highest BCUT2D eigenvalue weighted by atomic mass is 16.5. The number of rotatable bonds is 5. The molecule has 146 valence electrons. The fourth-order valence-electron chi connectivity index (χ4n) is 3.22. The molecule has 0 aliphatic heterocycles. The fraction of sp³-hybridized carbons (Fsp3) is 0.136. The van der Waals surface area contributed by atoms with Gasteiger partial charge in [0.15, 0.2) is 5.65 Å². The van der Waals surface area contributed by atoms with Crippen molar-refractivity contribution in [2.75, 3.05) is 19.4 Å². The number of nitrogens with zero attached hydrogens (tertiary/aromatic N) is 4. The van der Waals surface area contributed by atoms with Crippen molar-refractivity contribution in [1.29, 1.82) is 0 Å². The zero-order chi connectivity index (χ0) is 20.4. The van der Waals surface area contributed by atoms with Gasteiger partial charge in [-0.1, -0.05) is 36.4 Å². The lowest BCUT2D eigenvalue weighted by atomic mass is 10.0. The van der Waals surface area contributed by atoms with E-state index in [1.54, 1.807) is 12.1 Å². The molecule has 0 radical (unpaired) electrons. The molecule has 2 aromatic carbocycles. The van der Waals surface area contributed by atoms with E-state index in [0.717, 1.165) is 23.4 Å². The van der Waals surface area contributed by atoms with Crippen molar-refractivity contribution >= 4 is 22.5 Å². The van der Waals surface area contributed by atoms with Crippen LogP contribution < -0.4 is 11.0 Å². The Morgan fingerprint density at radius 1 is 1.03 bits per heavy atom. The molecule has 0 amide bonds. The van der Waals surface area contributed by atoms with E-state index in [1.165, 1.54) is 11.8 Å². The number of pyridine rings is 1. The Hall–Kier alpha value is -3.71. The van der Waals surface area contributed by atoms with Crippen LogP contribution in [-0.2, 0) is 6.54 Å². The first kappa shape index (κ1) is 18.6. The van der Waals surface area contributed by atoms with E-state index in [4.69, 9.17) is 0 Å². The number of benzene rings is 2. The molecule has 0 aliphatic rings. The van der Waals surface area contributed by atoms with Gasteiger partial charge in [-0.3, -0.25) is 0 Å². The lowest BCUT2D eigenvalue weighted by molar-refractivity contribution is 0.182. The largest absolute Gasteiger partial charge is 0.422 e. The smallest absolute Gasteiger partial charge is 0.384 e. The molecule has 0 atom stereocenters. The average Bonchev–Trinajstić information content (AvgIpc) is 2.72. The van der Waals surface area contributed by atoms with Crippen molar-refractivity contribution in [2.24, 2.45) is 0 Å². The number of hydrogen-bond acceptors (Lipinski definition) is 6. The maximum absolute atomic E-state index is 12.0. The highest BCUT2D eigenvalue weighted by molar-refractivity contribution is 5.88. The van der Waals surface area contributed by atoms with E-state index in [0.29, 0.717) is 15.9 Å². The van der Waals surface area contributed by atoms with Crippen LogP contribution in [0.3, 0.4) is 0 Å². The van der Waals surface area contributed by atoms with Crippen LogP contribution in [0.25, 0.3) is 22.2 Å². The molecule has 29 heavy (non-hydrogen) atoms. The van der Waals surface area contributed by atoms with E-state index in [1.807, 2.05) is 38.4 Å². The Balaban J connectivity index is 1.66. The van der Waals surface area contributed by atoms with Gasteiger partial charge in [-0.25, -0.2) is 9.78 Å². The van der Waals surface area contributed by atoms with E-state index in [2.05, 4.69) is 44.5 Å². The van der Waals surface area contributed by atoms with Crippen LogP contribution in [0.15, 0.2) is 71.7 Å². The number of nitrogens with one attached hydrogen (secondary N) is 1. The first-order chi connectivity index (χ1) is 14.0. The monoisotopic (exact) mass is 387 g/mol. The summed E-state index contributed by atoms with van der Waals surface area (Å²) >= 11 is 0. The SMILES string of the molecule is CN(C)Cc1ccc(-c2cccc(Nc3nc(=O)n(O)c4ncccc34)c2)cc1. The van der Waals surface area contributed by atoms with Gasteiger partial charge in [-0.15, -0.1) is 4.73 Å². The Morgan fingerprint density at radius 3 is 2.59 bits per heavy atom.